The van der Waals surface area contributed by atoms with Crippen LogP contribution in [0.3, 0.4) is 0 Å². The molecule has 2 fully saturated rings. The number of aryl methyl sites for hydroxylation is 1. The highest BCUT2D eigenvalue weighted by Crippen LogP contribution is 2.42. The van der Waals surface area contributed by atoms with E-state index in [9.17, 15) is 9.59 Å². The van der Waals surface area contributed by atoms with Crippen LogP contribution < -0.4 is 10.2 Å². The lowest BCUT2D eigenvalue weighted by atomic mass is 9.77. The third kappa shape index (κ3) is 4.87. The first-order valence-electron chi connectivity index (χ1n) is 13.2. The molecule has 38 heavy (non-hydrogen) atoms. The van der Waals surface area contributed by atoms with Crippen molar-refractivity contribution in [2.24, 2.45) is 5.41 Å². The van der Waals surface area contributed by atoms with Gasteiger partial charge in [-0.3, -0.25) is 14.6 Å². The fraction of sp³-hybridized carbons (Fsp3) is 0.367. The van der Waals surface area contributed by atoms with Crippen molar-refractivity contribution in [3.8, 4) is 0 Å². The average Bonchev–Trinajstić information content (AvgIpc) is 3.53. The van der Waals surface area contributed by atoms with Crippen LogP contribution in [0.1, 0.15) is 63.6 Å². The number of pyridine rings is 1. The van der Waals surface area contributed by atoms with Crippen LogP contribution in [-0.2, 0) is 6.42 Å². The van der Waals surface area contributed by atoms with Crippen LogP contribution in [0.4, 0.5) is 5.69 Å². The van der Waals surface area contributed by atoms with E-state index in [1.165, 1.54) is 11.3 Å². The molecule has 1 unspecified atom stereocenters. The van der Waals surface area contributed by atoms with Crippen molar-refractivity contribution in [3.05, 3.63) is 93.2 Å². The minimum absolute atomic E-state index is 0.0824. The summed E-state index contributed by atoms with van der Waals surface area (Å²) in [6.07, 6.45) is 8.57. The molecule has 8 heteroatoms. The summed E-state index contributed by atoms with van der Waals surface area (Å²) >= 11 is 12.2. The highest BCUT2D eigenvalue weighted by Gasteiger charge is 2.42. The van der Waals surface area contributed by atoms with Crippen LogP contribution in [0.15, 0.2) is 60.9 Å². The number of nitrogens with zero attached hydrogens (tertiary/aromatic N) is 3. The van der Waals surface area contributed by atoms with Crippen molar-refractivity contribution >= 4 is 40.7 Å². The lowest BCUT2D eigenvalue weighted by Gasteiger charge is -2.40. The fourth-order valence-corrected chi connectivity index (χ4v) is 6.78. The minimum atomic E-state index is -0.235. The second-order valence-corrected chi connectivity index (χ2v) is 11.6. The predicted molar refractivity (Wildman–Crippen MR) is 150 cm³/mol. The van der Waals surface area contributed by atoms with Gasteiger partial charge < -0.3 is 15.1 Å². The van der Waals surface area contributed by atoms with E-state index in [1.54, 1.807) is 18.2 Å². The van der Waals surface area contributed by atoms with Crippen molar-refractivity contribution < 1.29 is 9.59 Å². The molecule has 196 valence electrons. The molecule has 0 radical (unpaired) electrons. The van der Waals surface area contributed by atoms with Crippen molar-refractivity contribution in [1.29, 1.82) is 0 Å². The summed E-state index contributed by atoms with van der Waals surface area (Å²) in [5.41, 5.74) is 4.71. The Balaban J connectivity index is 1.12. The molecule has 1 N–H and O–H groups in total. The highest BCUT2D eigenvalue weighted by atomic mass is 35.5. The maximum absolute atomic E-state index is 13.6. The first kappa shape index (κ1) is 25.2. The third-order valence-corrected chi connectivity index (χ3v) is 9.08. The number of amides is 2. The van der Waals surface area contributed by atoms with E-state index < -0.39 is 0 Å². The van der Waals surface area contributed by atoms with Gasteiger partial charge in [0.05, 0.1) is 16.6 Å². The lowest BCUT2D eigenvalue weighted by Crippen LogP contribution is -2.42. The van der Waals surface area contributed by atoms with Gasteiger partial charge in [-0.25, -0.2) is 0 Å². The largest absolute Gasteiger partial charge is 0.371 e. The number of halogens is 2. The number of carbonyl (C=O) groups is 2. The number of hydrogen-bond donors (Lipinski definition) is 1. The van der Waals surface area contributed by atoms with Crippen LogP contribution in [0.2, 0.25) is 10.0 Å². The number of hydrogen-bond acceptors (Lipinski definition) is 4. The fourth-order valence-electron chi connectivity index (χ4n) is 6.29. The number of carbonyl (C=O) groups excluding carboxylic acids is 2. The van der Waals surface area contributed by atoms with Gasteiger partial charge in [0.2, 0.25) is 0 Å². The van der Waals surface area contributed by atoms with Gasteiger partial charge in [-0.15, -0.1) is 0 Å². The summed E-state index contributed by atoms with van der Waals surface area (Å²) in [5, 5.41) is 3.93. The number of benzene rings is 2. The first-order chi connectivity index (χ1) is 18.4. The molecular formula is C30H30Cl2N4O2. The van der Waals surface area contributed by atoms with Gasteiger partial charge in [-0.05, 0) is 91.1 Å². The Bertz CT molecular complexity index is 1370. The van der Waals surface area contributed by atoms with Crippen molar-refractivity contribution in [3.63, 3.8) is 0 Å². The standard InChI is InChI=1S/C30H30Cl2N4O2/c31-22-4-5-24(26(32)18-22)28(37)34-27-6-3-20-1-2-21(17-25(20)27)29(38)36-16-11-30(19-36)9-14-35(15-10-30)23-7-12-33-13-8-23/h1-2,4-5,7-8,12-13,17-18,27H,3,6,9-11,14-16,19H2,(H,34,37). The second kappa shape index (κ2) is 10.2. The molecule has 3 aromatic rings. The molecule has 1 spiro atoms. The summed E-state index contributed by atoms with van der Waals surface area (Å²) in [6.45, 7) is 3.61. The zero-order valence-electron chi connectivity index (χ0n) is 21.1. The molecule has 0 bridgehead atoms. The van der Waals surface area contributed by atoms with E-state index in [0.717, 1.165) is 63.8 Å². The molecular weight excluding hydrogens is 519 g/mol. The molecule has 2 aliphatic heterocycles. The normalized spacial score (nSPS) is 20.0. The van der Waals surface area contributed by atoms with Gasteiger partial charge in [-0.2, -0.15) is 0 Å². The molecule has 6 nitrogen and oxygen atoms in total. The summed E-state index contributed by atoms with van der Waals surface area (Å²) < 4.78 is 0. The van der Waals surface area contributed by atoms with Gasteiger partial charge in [0.25, 0.3) is 11.8 Å². The molecule has 1 atom stereocenters. The van der Waals surface area contributed by atoms with Crippen molar-refractivity contribution in [2.75, 3.05) is 31.1 Å². The first-order valence-corrected chi connectivity index (χ1v) is 14.0. The number of anilines is 1. The topological polar surface area (TPSA) is 65.5 Å². The number of nitrogens with one attached hydrogen (secondary N) is 1. The number of aromatic nitrogens is 1. The molecule has 2 amide bonds. The number of rotatable bonds is 4. The maximum Gasteiger partial charge on any atom is 0.253 e. The molecule has 3 aliphatic rings. The highest BCUT2D eigenvalue weighted by molar-refractivity contribution is 6.36. The van der Waals surface area contributed by atoms with Gasteiger partial charge >= 0.3 is 0 Å². The Morgan fingerprint density at radius 2 is 1.71 bits per heavy atom. The summed E-state index contributed by atoms with van der Waals surface area (Å²) in [7, 11) is 0. The summed E-state index contributed by atoms with van der Waals surface area (Å²) in [4.78, 5) is 35.1. The van der Waals surface area contributed by atoms with Gasteiger partial charge in [-0.1, -0.05) is 29.3 Å². The van der Waals surface area contributed by atoms with Crippen LogP contribution in [0.5, 0.6) is 0 Å². The predicted octanol–water partition coefficient (Wildman–Crippen LogP) is 5.94. The number of piperidine rings is 1. The van der Waals surface area contributed by atoms with Crippen molar-refractivity contribution in [1.82, 2.24) is 15.2 Å². The van der Waals surface area contributed by atoms with Gasteiger partial charge in [0, 0.05) is 54.8 Å². The zero-order valence-corrected chi connectivity index (χ0v) is 22.6. The van der Waals surface area contributed by atoms with Gasteiger partial charge in [0.1, 0.15) is 0 Å². The zero-order chi connectivity index (χ0) is 26.3. The van der Waals surface area contributed by atoms with E-state index in [-0.39, 0.29) is 23.3 Å². The Hall–Kier alpha value is -3.09. The van der Waals surface area contributed by atoms with Gasteiger partial charge in [0.15, 0.2) is 0 Å². The monoisotopic (exact) mass is 548 g/mol. The Kier molecular flexibility index (Phi) is 6.79. The Labute approximate surface area is 232 Å². The molecule has 3 heterocycles. The third-order valence-electron chi connectivity index (χ3n) is 8.53. The van der Waals surface area contributed by atoms with Crippen LogP contribution in [0, 0.1) is 5.41 Å². The average molecular weight is 550 g/mol. The van der Waals surface area contributed by atoms with E-state index in [4.69, 9.17) is 23.2 Å². The van der Waals surface area contributed by atoms with Crippen LogP contribution in [0.25, 0.3) is 0 Å². The van der Waals surface area contributed by atoms with E-state index in [1.807, 2.05) is 35.5 Å². The number of fused-ring (bicyclic) bond motifs is 1. The molecule has 6 rings (SSSR count). The Morgan fingerprint density at radius 3 is 2.47 bits per heavy atom. The molecule has 2 aromatic carbocycles. The lowest BCUT2D eigenvalue weighted by molar-refractivity contribution is 0.0764. The molecule has 1 aliphatic carbocycles. The smallest absolute Gasteiger partial charge is 0.253 e. The maximum atomic E-state index is 13.6. The summed E-state index contributed by atoms with van der Waals surface area (Å²) in [5.74, 6) is -0.153. The second-order valence-electron chi connectivity index (χ2n) is 10.8. The minimum Gasteiger partial charge on any atom is -0.371 e. The van der Waals surface area contributed by atoms with Crippen molar-refractivity contribution in [2.45, 2.75) is 38.1 Å². The van der Waals surface area contributed by atoms with E-state index >= 15 is 0 Å². The molecule has 1 aromatic heterocycles. The van der Waals surface area contributed by atoms with E-state index in [0.29, 0.717) is 21.2 Å². The quantitative estimate of drug-likeness (QED) is 0.438. The Morgan fingerprint density at radius 1 is 0.947 bits per heavy atom. The van der Waals surface area contributed by atoms with Crippen LogP contribution >= 0.6 is 23.2 Å². The SMILES string of the molecule is O=C(NC1CCc2ccc(C(=O)N3CCC4(CCN(c5ccncc5)CC4)C3)cc21)c1ccc(Cl)cc1Cl. The van der Waals surface area contributed by atoms with E-state index in [2.05, 4.69) is 27.3 Å². The molecule has 2 saturated heterocycles. The summed E-state index contributed by atoms with van der Waals surface area (Å²) in [6, 6.07) is 14.8. The molecule has 0 saturated carbocycles. The number of likely N-dealkylation sites (tertiary alicyclic amines) is 1. The van der Waals surface area contributed by atoms with Crippen LogP contribution in [-0.4, -0.2) is 47.9 Å².